The number of hydrogen-bond donors (Lipinski definition) is 0. The van der Waals surface area contributed by atoms with Crippen LogP contribution in [0.2, 0.25) is 0 Å². The zero-order valence-electron chi connectivity index (χ0n) is 12.2. The summed E-state index contributed by atoms with van der Waals surface area (Å²) in [6.45, 7) is 8.77. The van der Waals surface area contributed by atoms with Crippen LogP contribution in [0.4, 0.5) is 5.95 Å². The van der Waals surface area contributed by atoms with Crippen molar-refractivity contribution < 1.29 is 0 Å². The normalized spacial score (nSPS) is 10.6. The lowest BCUT2D eigenvalue weighted by atomic mass is 10.2. The Morgan fingerprint density at radius 3 is 2.44 bits per heavy atom. The van der Waals surface area contributed by atoms with Crippen LogP contribution in [-0.2, 0) is 6.42 Å². The van der Waals surface area contributed by atoms with Gasteiger partial charge in [0, 0.05) is 25.0 Å². The zero-order valence-corrected chi connectivity index (χ0v) is 12.2. The van der Waals surface area contributed by atoms with E-state index in [9.17, 15) is 0 Å². The second kappa shape index (κ2) is 8.90. The molecule has 3 nitrogen and oxygen atoms in total. The minimum absolute atomic E-state index is 0.916. The van der Waals surface area contributed by atoms with Crippen LogP contribution >= 0.6 is 0 Å². The smallest absolute Gasteiger partial charge is 0.225 e. The molecule has 0 amide bonds. The molecule has 18 heavy (non-hydrogen) atoms. The van der Waals surface area contributed by atoms with E-state index in [0.717, 1.165) is 31.9 Å². The lowest BCUT2D eigenvalue weighted by Crippen LogP contribution is -2.27. The number of hydrogen-bond acceptors (Lipinski definition) is 3. The Labute approximate surface area is 112 Å². The van der Waals surface area contributed by atoms with Crippen molar-refractivity contribution >= 4 is 5.95 Å². The maximum absolute atomic E-state index is 4.70. The van der Waals surface area contributed by atoms with Crippen LogP contribution in [0.25, 0.3) is 0 Å². The lowest BCUT2D eigenvalue weighted by molar-refractivity contribution is 0.680. The molecular weight excluding hydrogens is 222 g/mol. The van der Waals surface area contributed by atoms with Gasteiger partial charge >= 0.3 is 0 Å². The number of nitrogens with zero attached hydrogens (tertiary/aromatic N) is 3. The second-order valence-corrected chi connectivity index (χ2v) is 4.79. The Bertz CT molecular complexity index is 325. The molecule has 0 spiro atoms. The molecular formula is C15H27N3. The first kappa shape index (κ1) is 14.9. The van der Waals surface area contributed by atoms with Crippen molar-refractivity contribution in [3.8, 4) is 0 Å². The third kappa shape index (κ3) is 5.03. The summed E-state index contributed by atoms with van der Waals surface area (Å²) < 4.78 is 0. The molecule has 0 atom stereocenters. The van der Waals surface area contributed by atoms with Crippen molar-refractivity contribution in [2.75, 3.05) is 18.0 Å². The van der Waals surface area contributed by atoms with E-state index in [1.807, 2.05) is 12.3 Å². The van der Waals surface area contributed by atoms with Gasteiger partial charge in [-0.2, -0.15) is 0 Å². The molecule has 0 aliphatic carbocycles. The summed E-state index contributed by atoms with van der Waals surface area (Å²) in [4.78, 5) is 11.4. The molecule has 1 aromatic heterocycles. The molecule has 102 valence electrons. The van der Waals surface area contributed by atoms with E-state index >= 15 is 0 Å². The molecule has 1 rings (SSSR count). The SMILES string of the molecule is CCCCc1ccnc(N(CCC)CCCC)n1. The van der Waals surface area contributed by atoms with E-state index in [1.54, 1.807) is 0 Å². The van der Waals surface area contributed by atoms with Gasteiger partial charge in [0.05, 0.1) is 0 Å². The minimum atomic E-state index is 0.916. The van der Waals surface area contributed by atoms with Gasteiger partial charge in [0.25, 0.3) is 0 Å². The van der Waals surface area contributed by atoms with E-state index in [0.29, 0.717) is 0 Å². The lowest BCUT2D eigenvalue weighted by Gasteiger charge is -2.22. The van der Waals surface area contributed by atoms with Crippen molar-refractivity contribution in [3.05, 3.63) is 18.0 Å². The van der Waals surface area contributed by atoms with Crippen molar-refractivity contribution in [2.24, 2.45) is 0 Å². The van der Waals surface area contributed by atoms with Crippen LogP contribution in [-0.4, -0.2) is 23.1 Å². The van der Waals surface area contributed by atoms with Crippen molar-refractivity contribution in [1.29, 1.82) is 0 Å². The third-order valence-corrected chi connectivity index (χ3v) is 3.04. The number of aryl methyl sites for hydroxylation is 1. The van der Waals surface area contributed by atoms with E-state index in [4.69, 9.17) is 4.98 Å². The fourth-order valence-electron chi connectivity index (χ4n) is 1.96. The highest BCUT2D eigenvalue weighted by atomic mass is 15.2. The Kier molecular flexibility index (Phi) is 7.38. The first-order valence-electron chi connectivity index (χ1n) is 7.38. The predicted molar refractivity (Wildman–Crippen MR) is 78.1 cm³/mol. The molecule has 1 aromatic rings. The van der Waals surface area contributed by atoms with Crippen LogP contribution in [0.1, 0.15) is 58.6 Å². The first-order valence-corrected chi connectivity index (χ1v) is 7.38. The van der Waals surface area contributed by atoms with Gasteiger partial charge in [-0.25, -0.2) is 9.97 Å². The second-order valence-electron chi connectivity index (χ2n) is 4.79. The highest BCUT2D eigenvalue weighted by Crippen LogP contribution is 2.11. The molecule has 0 radical (unpaired) electrons. The first-order chi connectivity index (χ1) is 8.81. The Morgan fingerprint density at radius 1 is 1.00 bits per heavy atom. The highest BCUT2D eigenvalue weighted by Gasteiger charge is 2.08. The van der Waals surface area contributed by atoms with Crippen LogP contribution in [0, 0.1) is 0 Å². The largest absolute Gasteiger partial charge is 0.341 e. The average molecular weight is 249 g/mol. The van der Waals surface area contributed by atoms with Gasteiger partial charge in [0.1, 0.15) is 0 Å². The molecule has 0 saturated carbocycles. The summed E-state index contributed by atoms with van der Waals surface area (Å²) in [5.74, 6) is 0.916. The molecule has 0 saturated heterocycles. The summed E-state index contributed by atoms with van der Waals surface area (Å²) >= 11 is 0. The van der Waals surface area contributed by atoms with Gasteiger partial charge < -0.3 is 4.90 Å². The van der Waals surface area contributed by atoms with Crippen molar-refractivity contribution in [1.82, 2.24) is 9.97 Å². The number of unbranched alkanes of at least 4 members (excludes halogenated alkanes) is 2. The molecule has 0 aliphatic heterocycles. The number of anilines is 1. The van der Waals surface area contributed by atoms with E-state index < -0.39 is 0 Å². The summed E-state index contributed by atoms with van der Waals surface area (Å²) in [6.07, 6.45) is 8.97. The van der Waals surface area contributed by atoms with Gasteiger partial charge in [0.15, 0.2) is 0 Å². The summed E-state index contributed by atoms with van der Waals surface area (Å²) in [7, 11) is 0. The maximum Gasteiger partial charge on any atom is 0.225 e. The van der Waals surface area contributed by atoms with Crippen LogP contribution in [0.15, 0.2) is 12.3 Å². The summed E-state index contributed by atoms with van der Waals surface area (Å²) in [5, 5.41) is 0. The zero-order chi connectivity index (χ0) is 13.2. The highest BCUT2D eigenvalue weighted by molar-refractivity contribution is 5.30. The van der Waals surface area contributed by atoms with Crippen LogP contribution < -0.4 is 4.90 Å². The van der Waals surface area contributed by atoms with Gasteiger partial charge in [0.2, 0.25) is 5.95 Å². The minimum Gasteiger partial charge on any atom is -0.341 e. The Balaban J connectivity index is 2.70. The van der Waals surface area contributed by atoms with Gasteiger partial charge in [-0.1, -0.05) is 33.6 Å². The average Bonchev–Trinajstić information content (AvgIpc) is 2.41. The van der Waals surface area contributed by atoms with Gasteiger partial charge in [-0.15, -0.1) is 0 Å². The van der Waals surface area contributed by atoms with Crippen LogP contribution in [0.5, 0.6) is 0 Å². The van der Waals surface area contributed by atoms with Crippen molar-refractivity contribution in [2.45, 2.75) is 59.3 Å². The molecule has 0 N–H and O–H groups in total. The summed E-state index contributed by atoms with van der Waals surface area (Å²) in [5.41, 5.74) is 1.18. The fourth-order valence-corrected chi connectivity index (χ4v) is 1.96. The third-order valence-electron chi connectivity index (χ3n) is 3.04. The molecule has 0 bridgehead atoms. The van der Waals surface area contributed by atoms with E-state index in [1.165, 1.54) is 31.4 Å². The molecule has 0 unspecified atom stereocenters. The quantitative estimate of drug-likeness (QED) is 0.666. The van der Waals surface area contributed by atoms with E-state index in [2.05, 4.69) is 30.7 Å². The fraction of sp³-hybridized carbons (Fsp3) is 0.733. The van der Waals surface area contributed by atoms with Gasteiger partial charge in [-0.05, 0) is 31.7 Å². The topological polar surface area (TPSA) is 29.0 Å². The Hall–Kier alpha value is -1.12. The molecule has 0 aliphatic rings. The van der Waals surface area contributed by atoms with E-state index in [-0.39, 0.29) is 0 Å². The standard InChI is InChI=1S/C15H27N3/c1-4-7-9-14-10-11-16-15(17-14)18(12-6-3)13-8-5-2/h10-11H,4-9,12-13H2,1-3H3. The molecule has 0 fully saturated rings. The molecule has 1 heterocycles. The number of rotatable bonds is 9. The molecule has 0 aromatic carbocycles. The molecule has 3 heteroatoms. The van der Waals surface area contributed by atoms with Gasteiger partial charge in [-0.3, -0.25) is 0 Å². The summed E-state index contributed by atoms with van der Waals surface area (Å²) in [6, 6.07) is 2.04. The maximum atomic E-state index is 4.70. The monoisotopic (exact) mass is 249 g/mol. The van der Waals surface area contributed by atoms with Crippen LogP contribution in [0.3, 0.4) is 0 Å². The predicted octanol–water partition coefficient (Wildman–Crippen LogP) is 3.84. The Morgan fingerprint density at radius 2 is 1.78 bits per heavy atom. The number of aromatic nitrogens is 2. The van der Waals surface area contributed by atoms with Crippen molar-refractivity contribution in [3.63, 3.8) is 0 Å².